The van der Waals surface area contributed by atoms with Gasteiger partial charge in [-0.2, -0.15) is 18.3 Å². The molecule has 0 aliphatic carbocycles. The number of aromatic nitrogens is 4. The van der Waals surface area contributed by atoms with E-state index in [1.807, 2.05) is 0 Å². The number of nitrogens with zero attached hydrogens (tertiary/aromatic N) is 3. The molecule has 0 saturated heterocycles. The van der Waals surface area contributed by atoms with Gasteiger partial charge in [0.2, 0.25) is 11.7 Å². The molecule has 0 aliphatic rings. The van der Waals surface area contributed by atoms with E-state index >= 15 is 0 Å². The van der Waals surface area contributed by atoms with E-state index in [1.54, 1.807) is 12.1 Å². The van der Waals surface area contributed by atoms with Crippen molar-refractivity contribution in [2.75, 3.05) is 0 Å². The lowest BCUT2D eigenvalue weighted by atomic mass is 10.2. The van der Waals surface area contributed by atoms with Crippen LogP contribution >= 0.6 is 0 Å². The number of ether oxygens (including phenoxy) is 1. The van der Waals surface area contributed by atoms with Crippen LogP contribution in [0.2, 0.25) is 0 Å². The first kappa shape index (κ1) is 17.4. The zero-order chi connectivity index (χ0) is 18.6. The van der Waals surface area contributed by atoms with E-state index in [4.69, 9.17) is 4.74 Å². The fourth-order valence-electron chi connectivity index (χ4n) is 2.07. The molecule has 2 N–H and O–H groups in total. The fraction of sp³-hybridized carbons (Fsp3) is 0.125. The van der Waals surface area contributed by atoms with Crippen LogP contribution in [0.1, 0.15) is 21.7 Å². The third-order valence-electron chi connectivity index (χ3n) is 3.30. The quantitative estimate of drug-likeness (QED) is 0.727. The molecule has 0 spiro atoms. The van der Waals surface area contributed by atoms with Gasteiger partial charge in [-0.05, 0) is 24.3 Å². The Kier molecular flexibility index (Phi) is 4.83. The number of hydrogen-bond acceptors (Lipinski definition) is 5. The van der Waals surface area contributed by atoms with E-state index in [0.717, 1.165) is 12.1 Å². The Labute approximate surface area is 145 Å². The van der Waals surface area contributed by atoms with Crippen LogP contribution in [0.5, 0.6) is 11.6 Å². The molecule has 0 fully saturated rings. The van der Waals surface area contributed by atoms with Gasteiger partial charge in [0.1, 0.15) is 12.1 Å². The second kappa shape index (κ2) is 7.21. The molecule has 10 heteroatoms. The molecular formula is C16H12F3N5O2. The molecule has 7 nitrogen and oxygen atoms in total. The molecule has 2 heterocycles. The highest BCUT2D eigenvalue weighted by atomic mass is 19.4. The van der Waals surface area contributed by atoms with Crippen molar-refractivity contribution in [2.24, 2.45) is 0 Å². The molecule has 0 radical (unpaired) electrons. The van der Waals surface area contributed by atoms with Crippen LogP contribution in [-0.4, -0.2) is 26.1 Å². The maximum Gasteiger partial charge on any atom is 0.416 e. The molecule has 2 aromatic heterocycles. The van der Waals surface area contributed by atoms with Crippen molar-refractivity contribution in [3.05, 3.63) is 65.9 Å². The van der Waals surface area contributed by atoms with E-state index < -0.39 is 17.6 Å². The molecular weight excluding hydrogens is 351 g/mol. The number of pyridine rings is 1. The minimum atomic E-state index is -4.47. The molecule has 0 bridgehead atoms. The molecule has 134 valence electrons. The fourth-order valence-corrected chi connectivity index (χ4v) is 2.07. The average Bonchev–Trinajstić information content (AvgIpc) is 3.15. The number of halogens is 3. The van der Waals surface area contributed by atoms with Crippen LogP contribution in [0.25, 0.3) is 0 Å². The Hall–Kier alpha value is -3.43. The second-order valence-corrected chi connectivity index (χ2v) is 5.11. The van der Waals surface area contributed by atoms with Crippen molar-refractivity contribution in [1.82, 2.24) is 25.5 Å². The molecule has 0 atom stereocenters. The van der Waals surface area contributed by atoms with Crippen molar-refractivity contribution in [3.63, 3.8) is 0 Å². The number of aromatic amines is 1. The molecule has 0 unspecified atom stereocenters. The first-order valence-electron chi connectivity index (χ1n) is 7.36. The van der Waals surface area contributed by atoms with Crippen LogP contribution in [-0.2, 0) is 12.7 Å². The maximum atomic E-state index is 12.8. The summed E-state index contributed by atoms with van der Waals surface area (Å²) < 4.78 is 43.9. The maximum absolute atomic E-state index is 12.8. The largest absolute Gasteiger partial charge is 0.439 e. The normalized spacial score (nSPS) is 11.2. The monoisotopic (exact) mass is 363 g/mol. The molecule has 0 aliphatic heterocycles. The van der Waals surface area contributed by atoms with E-state index in [1.165, 1.54) is 24.7 Å². The summed E-state index contributed by atoms with van der Waals surface area (Å²) >= 11 is 0. The lowest BCUT2D eigenvalue weighted by Gasteiger charge is -2.12. The third-order valence-corrected chi connectivity index (χ3v) is 3.30. The van der Waals surface area contributed by atoms with Crippen LogP contribution in [0.4, 0.5) is 13.2 Å². The van der Waals surface area contributed by atoms with Gasteiger partial charge in [0.15, 0.2) is 0 Å². The smallest absolute Gasteiger partial charge is 0.416 e. The number of H-pyrrole nitrogens is 1. The predicted molar refractivity (Wildman–Crippen MR) is 83.3 cm³/mol. The van der Waals surface area contributed by atoms with E-state index in [9.17, 15) is 18.0 Å². The zero-order valence-electron chi connectivity index (χ0n) is 13.1. The molecule has 0 saturated carbocycles. The summed E-state index contributed by atoms with van der Waals surface area (Å²) in [5, 5.41) is 8.59. The SMILES string of the molecule is O=C(NCc1cccnc1Oc1cccc(C(F)(F)F)c1)c1ncn[nH]1. The van der Waals surface area contributed by atoms with Gasteiger partial charge in [-0.15, -0.1) is 0 Å². The number of carbonyl (C=O) groups is 1. The van der Waals surface area contributed by atoms with E-state index in [-0.39, 0.29) is 24.0 Å². The average molecular weight is 363 g/mol. The zero-order valence-corrected chi connectivity index (χ0v) is 13.1. The van der Waals surface area contributed by atoms with Gasteiger partial charge in [0, 0.05) is 18.3 Å². The van der Waals surface area contributed by atoms with Gasteiger partial charge in [0.05, 0.1) is 5.56 Å². The topological polar surface area (TPSA) is 92.8 Å². The predicted octanol–water partition coefficient (Wildman–Crippen LogP) is 2.94. The second-order valence-electron chi connectivity index (χ2n) is 5.11. The van der Waals surface area contributed by atoms with Crippen LogP contribution < -0.4 is 10.1 Å². The van der Waals surface area contributed by atoms with Gasteiger partial charge < -0.3 is 10.1 Å². The molecule has 3 aromatic rings. The Balaban J connectivity index is 1.74. The van der Waals surface area contributed by atoms with Crippen molar-refractivity contribution in [2.45, 2.75) is 12.7 Å². The summed E-state index contributed by atoms with van der Waals surface area (Å²) in [5.74, 6) is -0.378. The van der Waals surface area contributed by atoms with E-state index in [2.05, 4.69) is 25.5 Å². The molecule has 1 aromatic carbocycles. The van der Waals surface area contributed by atoms with Gasteiger partial charge in [-0.1, -0.05) is 12.1 Å². The van der Waals surface area contributed by atoms with Crippen molar-refractivity contribution >= 4 is 5.91 Å². The van der Waals surface area contributed by atoms with Crippen molar-refractivity contribution in [3.8, 4) is 11.6 Å². The summed E-state index contributed by atoms with van der Waals surface area (Å²) in [4.78, 5) is 19.6. The Morgan fingerprint density at radius 3 is 2.77 bits per heavy atom. The number of amides is 1. The van der Waals surface area contributed by atoms with E-state index in [0.29, 0.717) is 5.56 Å². The summed E-state index contributed by atoms with van der Waals surface area (Å²) in [5.41, 5.74) is -0.344. The first-order chi connectivity index (χ1) is 12.4. The number of hydrogen-bond donors (Lipinski definition) is 2. The minimum absolute atomic E-state index is 0.0127. The highest BCUT2D eigenvalue weighted by molar-refractivity contribution is 5.90. The lowest BCUT2D eigenvalue weighted by Crippen LogP contribution is -2.24. The number of rotatable bonds is 5. The third kappa shape index (κ3) is 4.15. The highest BCUT2D eigenvalue weighted by Gasteiger charge is 2.30. The Bertz CT molecular complexity index is 897. The van der Waals surface area contributed by atoms with Gasteiger partial charge in [-0.3, -0.25) is 9.89 Å². The first-order valence-corrected chi connectivity index (χ1v) is 7.36. The van der Waals surface area contributed by atoms with Crippen LogP contribution in [0.3, 0.4) is 0 Å². The number of nitrogens with one attached hydrogen (secondary N) is 2. The number of benzene rings is 1. The highest BCUT2D eigenvalue weighted by Crippen LogP contribution is 2.32. The minimum Gasteiger partial charge on any atom is -0.439 e. The van der Waals surface area contributed by atoms with Gasteiger partial charge >= 0.3 is 6.18 Å². The Morgan fingerprint density at radius 1 is 1.19 bits per heavy atom. The lowest BCUT2D eigenvalue weighted by molar-refractivity contribution is -0.137. The Morgan fingerprint density at radius 2 is 2.04 bits per heavy atom. The number of carbonyl (C=O) groups excluding carboxylic acids is 1. The molecule has 26 heavy (non-hydrogen) atoms. The standard InChI is InChI=1S/C16H12F3N5O2/c17-16(18,19)11-4-1-5-12(7-11)26-15-10(3-2-6-20-15)8-21-14(25)13-22-9-23-24-13/h1-7,9H,8H2,(H,21,25)(H,22,23,24). The van der Waals surface area contributed by atoms with Crippen molar-refractivity contribution in [1.29, 1.82) is 0 Å². The summed E-state index contributed by atoms with van der Waals surface area (Å²) in [6, 6.07) is 7.72. The molecule has 1 amide bonds. The summed E-state index contributed by atoms with van der Waals surface area (Å²) in [6.07, 6.45) is -1.84. The van der Waals surface area contributed by atoms with Crippen LogP contribution in [0, 0.1) is 0 Å². The molecule has 3 rings (SSSR count). The van der Waals surface area contributed by atoms with Gasteiger partial charge in [-0.25, -0.2) is 9.97 Å². The summed E-state index contributed by atoms with van der Waals surface area (Å²) in [6.45, 7) is 0.0433. The van der Waals surface area contributed by atoms with Crippen LogP contribution in [0.15, 0.2) is 48.9 Å². The summed E-state index contributed by atoms with van der Waals surface area (Å²) in [7, 11) is 0. The van der Waals surface area contributed by atoms with Gasteiger partial charge in [0.25, 0.3) is 5.91 Å². The number of alkyl halides is 3. The van der Waals surface area contributed by atoms with Crippen molar-refractivity contribution < 1.29 is 22.7 Å².